The van der Waals surface area contributed by atoms with E-state index >= 15 is 0 Å². The van der Waals surface area contributed by atoms with E-state index in [-0.39, 0.29) is 11.8 Å². The van der Waals surface area contributed by atoms with Gasteiger partial charge in [0, 0.05) is 6.42 Å². The van der Waals surface area contributed by atoms with E-state index in [9.17, 15) is 9.59 Å². The quantitative estimate of drug-likeness (QED) is 0.719. The van der Waals surface area contributed by atoms with Crippen LogP contribution in [0.5, 0.6) is 0 Å². The highest BCUT2D eigenvalue weighted by molar-refractivity contribution is 8.00. The fourth-order valence-corrected chi connectivity index (χ4v) is 2.79. The highest BCUT2D eigenvalue weighted by Crippen LogP contribution is 2.27. The van der Waals surface area contributed by atoms with E-state index < -0.39 is 17.5 Å². The number of amides is 2. The Balaban J connectivity index is 2.23. The molecule has 6 heteroatoms. The zero-order chi connectivity index (χ0) is 13.9. The second kappa shape index (κ2) is 5.63. The molecule has 1 fully saturated rings. The van der Waals surface area contributed by atoms with Gasteiger partial charge in [0.05, 0.1) is 6.61 Å². The van der Waals surface area contributed by atoms with Crippen LogP contribution in [0.15, 0.2) is 30.3 Å². The number of carbonyl (C=O) groups is 2. The molecule has 0 aliphatic carbocycles. The van der Waals surface area contributed by atoms with Crippen molar-refractivity contribution < 1.29 is 14.7 Å². The largest absolute Gasteiger partial charge is 0.394 e. The van der Waals surface area contributed by atoms with Crippen LogP contribution >= 0.6 is 11.8 Å². The number of thioether (sulfide) groups is 1. The lowest BCUT2D eigenvalue weighted by molar-refractivity contribution is -0.139. The summed E-state index contributed by atoms with van der Waals surface area (Å²) in [4.78, 5) is 23.0. The second-order valence-electron chi connectivity index (χ2n) is 4.39. The third-order valence-corrected chi connectivity index (χ3v) is 4.27. The molecule has 19 heavy (non-hydrogen) atoms. The number of aliphatic hydroxyl groups is 1. The van der Waals surface area contributed by atoms with Crippen molar-refractivity contribution in [3.05, 3.63) is 35.9 Å². The predicted molar refractivity (Wildman–Crippen MR) is 73.6 cm³/mol. The normalized spacial score (nSPS) is 26.7. The molecule has 0 saturated carbocycles. The molecule has 0 bridgehead atoms. The molecule has 3 N–H and O–H groups in total. The summed E-state index contributed by atoms with van der Waals surface area (Å²) in [5.41, 5.74) is 0.967. The molecular weight excluding hydrogens is 264 g/mol. The molecular formula is C13H16N2O3S. The van der Waals surface area contributed by atoms with Gasteiger partial charge in [0.2, 0.25) is 5.91 Å². The molecule has 1 saturated heterocycles. The fraction of sp³-hybridized carbons (Fsp3) is 0.385. The maximum atomic E-state index is 12.2. The Labute approximate surface area is 115 Å². The number of benzene rings is 1. The third kappa shape index (κ3) is 2.74. The van der Waals surface area contributed by atoms with Crippen molar-refractivity contribution >= 4 is 23.6 Å². The Morgan fingerprint density at radius 3 is 2.58 bits per heavy atom. The van der Waals surface area contributed by atoms with Crippen molar-refractivity contribution in [2.45, 2.75) is 17.3 Å². The van der Waals surface area contributed by atoms with Crippen LogP contribution in [0, 0.1) is 0 Å². The molecule has 1 aromatic carbocycles. The number of piperazine rings is 1. The first-order valence-electron chi connectivity index (χ1n) is 5.94. The second-order valence-corrected chi connectivity index (χ2v) is 5.50. The summed E-state index contributed by atoms with van der Waals surface area (Å²) < 4.78 is 0. The number of hydrogen-bond donors (Lipinski definition) is 3. The average molecular weight is 280 g/mol. The van der Waals surface area contributed by atoms with Gasteiger partial charge in [0.15, 0.2) is 4.87 Å². The number of aliphatic hydroxyl groups excluding tert-OH is 1. The molecule has 2 atom stereocenters. The highest BCUT2D eigenvalue weighted by Gasteiger charge is 2.45. The summed E-state index contributed by atoms with van der Waals surface area (Å²) in [5, 5.41) is 14.3. The lowest BCUT2D eigenvalue weighted by Crippen LogP contribution is -2.69. The minimum Gasteiger partial charge on any atom is -0.394 e. The fourth-order valence-electron chi connectivity index (χ4n) is 2.04. The van der Waals surface area contributed by atoms with Crippen LogP contribution in [0.3, 0.4) is 0 Å². The van der Waals surface area contributed by atoms with Gasteiger partial charge in [-0.05, 0) is 11.8 Å². The van der Waals surface area contributed by atoms with E-state index in [2.05, 4.69) is 10.6 Å². The number of nitrogens with one attached hydrogen (secondary N) is 2. The smallest absolute Gasteiger partial charge is 0.257 e. The standard InChI is InChI=1S/C13H16N2O3S/c1-19-13(7-9-5-3-2-4-6-9)12(18)14-10(8-16)11(17)15-13/h2-6,10,16H,7-8H2,1H3,(H,14,18)(H,15,17). The van der Waals surface area contributed by atoms with Gasteiger partial charge in [-0.1, -0.05) is 30.3 Å². The van der Waals surface area contributed by atoms with Crippen molar-refractivity contribution in [1.82, 2.24) is 10.6 Å². The molecule has 2 unspecified atom stereocenters. The first-order valence-corrected chi connectivity index (χ1v) is 7.16. The molecule has 102 valence electrons. The first kappa shape index (κ1) is 13.9. The maximum Gasteiger partial charge on any atom is 0.257 e. The topological polar surface area (TPSA) is 78.4 Å². The molecule has 5 nitrogen and oxygen atoms in total. The minimum absolute atomic E-state index is 0.275. The van der Waals surface area contributed by atoms with Crippen molar-refractivity contribution in [3.8, 4) is 0 Å². The van der Waals surface area contributed by atoms with Crippen LogP contribution in [-0.4, -0.2) is 40.7 Å². The molecule has 2 rings (SSSR count). The minimum atomic E-state index is -1.01. The number of carbonyl (C=O) groups excluding carboxylic acids is 2. The summed E-state index contributed by atoms with van der Waals surface area (Å²) >= 11 is 1.29. The molecule has 1 aliphatic rings. The van der Waals surface area contributed by atoms with Crippen LogP contribution in [0.2, 0.25) is 0 Å². The van der Waals surface area contributed by atoms with E-state index in [4.69, 9.17) is 5.11 Å². The predicted octanol–water partition coefficient (Wildman–Crippen LogP) is -0.105. The Morgan fingerprint density at radius 1 is 1.32 bits per heavy atom. The zero-order valence-electron chi connectivity index (χ0n) is 10.6. The van der Waals surface area contributed by atoms with Crippen molar-refractivity contribution in [1.29, 1.82) is 0 Å². The van der Waals surface area contributed by atoms with Crippen LogP contribution in [-0.2, 0) is 16.0 Å². The van der Waals surface area contributed by atoms with Gasteiger partial charge in [-0.3, -0.25) is 9.59 Å². The van der Waals surface area contributed by atoms with Crippen molar-refractivity contribution in [3.63, 3.8) is 0 Å². The van der Waals surface area contributed by atoms with Crippen molar-refractivity contribution in [2.24, 2.45) is 0 Å². The Hall–Kier alpha value is -1.53. The molecule has 1 heterocycles. The molecule has 0 aromatic heterocycles. The Kier molecular flexibility index (Phi) is 4.11. The van der Waals surface area contributed by atoms with Gasteiger partial charge < -0.3 is 15.7 Å². The third-order valence-electron chi connectivity index (χ3n) is 3.14. The highest BCUT2D eigenvalue weighted by atomic mass is 32.2. The van der Waals surface area contributed by atoms with Crippen LogP contribution in [0.4, 0.5) is 0 Å². The van der Waals surface area contributed by atoms with Gasteiger partial charge in [0.25, 0.3) is 5.91 Å². The molecule has 0 spiro atoms. The average Bonchev–Trinajstić information content (AvgIpc) is 2.43. The summed E-state index contributed by atoms with van der Waals surface area (Å²) in [5.74, 6) is -0.630. The number of hydrogen-bond acceptors (Lipinski definition) is 4. The van der Waals surface area contributed by atoms with Crippen LogP contribution < -0.4 is 10.6 Å². The SMILES string of the molecule is CSC1(Cc2ccccc2)NC(=O)C(CO)NC1=O. The van der Waals surface area contributed by atoms with E-state index in [1.165, 1.54) is 11.8 Å². The van der Waals surface area contributed by atoms with Gasteiger partial charge in [0.1, 0.15) is 6.04 Å². The van der Waals surface area contributed by atoms with E-state index in [0.717, 1.165) is 5.56 Å². The lowest BCUT2D eigenvalue weighted by Gasteiger charge is -2.38. The van der Waals surface area contributed by atoms with E-state index in [1.807, 2.05) is 30.3 Å². The van der Waals surface area contributed by atoms with Crippen LogP contribution in [0.25, 0.3) is 0 Å². The van der Waals surface area contributed by atoms with Gasteiger partial charge >= 0.3 is 0 Å². The van der Waals surface area contributed by atoms with Gasteiger partial charge in [-0.2, -0.15) is 0 Å². The summed E-state index contributed by atoms with van der Waals surface area (Å²) in [6.45, 7) is -0.395. The molecule has 2 amide bonds. The summed E-state index contributed by atoms with van der Waals surface area (Å²) in [7, 11) is 0. The monoisotopic (exact) mass is 280 g/mol. The van der Waals surface area contributed by atoms with E-state index in [0.29, 0.717) is 6.42 Å². The Morgan fingerprint density at radius 2 is 2.00 bits per heavy atom. The maximum absolute atomic E-state index is 12.2. The summed E-state index contributed by atoms with van der Waals surface area (Å²) in [6, 6.07) is 8.65. The lowest BCUT2D eigenvalue weighted by atomic mass is 10.0. The molecule has 1 aliphatic heterocycles. The van der Waals surface area contributed by atoms with E-state index in [1.54, 1.807) is 6.26 Å². The molecule has 1 aromatic rings. The number of rotatable bonds is 4. The van der Waals surface area contributed by atoms with Crippen LogP contribution in [0.1, 0.15) is 5.56 Å². The summed E-state index contributed by atoms with van der Waals surface area (Å²) in [6.07, 6.45) is 2.19. The van der Waals surface area contributed by atoms with Crippen molar-refractivity contribution in [2.75, 3.05) is 12.9 Å². The zero-order valence-corrected chi connectivity index (χ0v) is 11.4. The van der Waals surface area contributed by atoms with Gasteiger partial charge in [-0.15, -0.1) is 11.8 Å². The molecule has 0 radical (unpaired) electrons. The first-order chi connectivity index (χ1) is 9.11. The van der Waals surface area contributed by atoms with Gasteiger partial charge in [-0.25, -0.2) is 0 Å². The Bertz CT molecular complexity index is 480.